The average molecular weight is 608 g/mol. The fraction of sp³-hybridized carbons (Fsp3) is 0.0952. The predicted molar refractivity (Wildman–Crippen MR) is 192 cm³/mol. The van der Waals surface area contributed by atoms with Crippen LogP contribution in [0.1, 0.15) is 26.3 Å². The summed E-state index contributed by atoms with van der Waals surface area (Å²) in [6.07, 6.45) is 3.65. The molecule has 0 aliphatic heterocycles. The zero-order valence-corrected chi connectivity index (χ0v) is 26.6. The van der Waals surface area contributed by atoms with E-state index in [1.807, 2.05) is 85.2 Å². The lowest BCUT2D eigenvalue weighted by Gasteiger charge is -2.20. The first-order chi connectivity index (χ1) is 22.9. The van der Waals surface area contributed by atoms with Crippen molar-refractivity contribution in [2.75, 3.05) is 0 Å². The summed E-state index contributed by atoms with van der Waals surface area (Å²) in [5.74, 6) is 1.88. The Balaban J connectivity index is 1.43. The van der Waals surface area contributed by atoms with Crippen LogP contribution < -0.4 is 0 Å². The van der Waals surface area contributed by atoms with Crippen molar-refractivity contribution < 1.29 is 0 Å². The van der Waals surface area contributed by atoms with Gasteiger partial charge in [0.05, 0.1) is 11.0 Å². The minimum absolute atomic E-state index is 0.0123. The van der Waals surface area contributed by atoms with Gasteiger partial charge in [-0.05, 0) is 58.5 Å². The standard InChI is InChI=1S/C42H33N5/c1-42(2,3)31-18-20-35-34-16-10-11-17-37(34)47(38(35)26-31)32-19-21-33(28-22-24-43-25-23-28)36(27-32)41-45-39(29-12-6-4-7-13-29)44-40(46-41)30-14-8-5-9-15-30/h4-27H,1-3H3. The lowest BCUT2D eigenvalue weighted by molar-refractivity contribution is 0.591. The minimum Gasteiger partial charge on any atom is -0.309 e. The summed E-state index contributed by atoms with van der Waals surface area (Å²) in [4.78, 5) is 19.5. The van der Waals surface area contributed by atoms with E-state index in [-0.39, 0.29) is 5.41 Å². The van der Waals surface area contributed by atoms with E-state index in [4.69, 9.17) is 15.0 Å². The number of benzene rings is 5. The van der Waals surface area contributed by atoms with Gasteiger partial charge in [0.1, 0.15) is 0 Å². The third-order valence-electron chi connectivity index (χ3n) is 8.73. The highest BCUT2D eigenvalue weighted by Crippen LogP contribution is 2.38. The number of hydrogen-bond donors (Lipinski definition) is 0. The second-order valence-electron chi connectivity index (χ2n) is 12.8. The van der Waals surface area contributed by atoms with Gasteiger partial charge in [-0.15, -0.1) is 0 Å². The van der Waals surface area contributed by atoms with Crippen LogP contribution in [0.25, 0.3) is 72.8 Å². The van der Waals surface area contributed by atoms with Gasteiger partial charge >= 0.3 is 0 Å². The van der Waals surface area contributed by atoms with Crippen molar-refractivity contribution in [1.29, 1.82) is 0 Å². The summed E-state index contributed by atoms with van der Waals surface area (Å²) < 4.78 is 2.37. The Morgan fingerprint density at radius 3 is 1.72 bits per heavy atom. The topological polar surface area (TPSA) is 56.5 Å². The Labute approximate surface area is 274 Å². The highest BCUT2D eigenvalue weighted by atomic mass is 15.0. The Kier molecular flexibility index (Phi) is 6.95. The van der Waals surface area contributed by atoms with E-state index in [2.05, 4.69) is 91.0 Å². The SMILES string of the molecule is CC(C)(C)c1ccc2c3ccccc3n(-c3ccc(-c4ccncc4)c(-c4nc(-c5ccccc5)nc(-c5ccccc5)n4)c3)c2c1. The van der Waals surface area contributed by atoms with E-state index >= 15 is 0 Å². The van der Waals surface area contributed by atoms with Gasteiger partial charge in [-0.3, -0.25) is 4.98 Å². The van der Waals surface area contributed by atoms with Crippen LogP contribution in [0.4, 0.5) is 0 Å². The number of hydrogen-bond acceptors (Lipinski definition) is 4. The fourth-order valence-electron chi connectivity index (χ4n) is 6.28. The monoisotopic (exact) mass is 607 g/mol. The number of nitrogens with zero attached hydrogens (tertiary/aromatic N) is 5. The van der Waals surface area contributed by atoms with Gasteiger partial charge in [-0.2, -0.15) is 0 Å². The zero-order chi connectivity index (χ0) is 32.0. The van der Waals surface area contributed by atoms with Crippen LogP contribution >= 0.6 is 0 Å². The first-order valence-corrected chi connectivity index (χ1v) is 15.9. The Morgan fingerprint density at radius 2 is 1.06 bits per heavy atom. The molecule has 0 N–H and O–H groups in total. The van der Waals surface area contributed by atoms with Crippen LogP contribution in [0, 0.1) is 0 Å². The molecule has 0 saturated carbocycles. The highest BCUT2D eigenvalue weighted by molar-refractivity contribution is 6.09. The van der Waals surface area contributed by atoms with Gasteiger partial charge in [0.2, 0.25) is 0 Å². The smallest absolute Gasteiger partial charge is 0.164 e. The zero-order valence-electron chi connectivity index (χ0n) is 26.6. The van der Waals surface area contributed by atoms with Crippen molar-refractivity contribution in [2.45, 2.75) is 26.2 Å². The molecule has 0 aliphatic rings. The van der Waals surface area contributed by atoms with E-state index < -0.39 is 0 Å². The van der Waals surface area contributed by atoms with Crippen LogP contribution in [-0.2, 0) is 5.41 Å². The Morgan fingerprint density at radius 1 is 0.468 bits per heavy atom. The van der Waals surface area contributed by atoms with Crippen LogP contribution in [-0.4, -0.2) is 24.5 Å². The summed E-state index contributed by atoms with van der Waals surface area (Å²) in [5, 5.41) is 2.45. The first-order valence-electron chi connectivity index (χ1n) is 15.9. The molecule has 5 nitrogen and oxygen atoms in total. The van der Waals surface area contributed by atoms with Crippen LogP contribution in [0.5, 0.6) is 0 Å². The van der Waals surface area contributed by atoms with Crippen LogP contribution in [0.15, 0.2) is 146 Å². The van der Waals surface area contributed by atoms with Crippen molar-refractivity contribution in [3.05, 3.63) is 151 Å². The lowest BCUT2D eigenvalue weighted by atomic mass is 9.86. The van der Waals surface area contributed by atoms with E-state index in [0.29, 0.717) is 17.5 Å². The van der Waals surface area contributed by atoms with Crippen molar-refractivity contribution in [3.8, 4) is 51.0 Å². The lowest BCUT2D eigenvalue weighted by Crippen LogP contribution is -2.10. The number of rotatable bonds is 5. The van der Waals surface area contributed by atoms with E-state index in [1.165, 1.54) is 21.9 Å². The first kappa shape index (κ1) is 28.5. The summed E-state index contributed by atoms with van der Waals surface area (Å²) in [7, 11) is 0. The number of fused-ring (bicyclic) bond motifs is 3. The highest BCUT2D eigenvalue weighted by Gasteiger charge is 2.21. The minimum atomic E-state index is 0.0123. The van der Waals surface area contributed by atoms with Gasteiger partial charge in [-0.25, -0.2) is 15.0 Å². The third-order valence-corrected chi connectivity index (χ3v) is 8.73. The largest absolute Gasteiger partial charge is 0.309 e. The number of aromatic nitrogens is 5. The molecular weight excluding hydrogens is 574 g/mol. The molecule has 0 bridgehead atoms. The Hall–Kier alpha value is -5.94. The summed E-state index contributed by atoms with van der Waals surface area (Å²) >= 11 is 0. The van der Waals surface area contributed by atoms with E-state index in [9.17, 15) is 0 Å². The fourth-order valence-corrected chi connectivity index (χ4v) is 6.28. The molecule has 5 heteroatoms. The maximum absolute atomic E-state index is 5.13. The average Bonchev–Trinajstić information content (AvgIpc) is 3.46. The van der Waals surface area contributed by atoms with Gasteiger partial charge in [0.25, 0.3) is 0 Å². The number of pyridine rings is 1. The quantitative estimate of drug-likeness (QED) is 0.195. The molecule has 0 fully saturated rings. The van der Waals surface area contributed by atoms with Crippen molar-refractivity contribution in [3.63, 3.8) is 0 Å². The van der Waals surface area contributed by atoms with Gasteiger partial charge in [-0.1, -0.05) is 118 Å². The van der Waals surface area contributed by atoms with Crippen molar-refractivity contribution >= 4 is 21.8 Å². The summed E-state index contributed by atoms with van der Waals surface area (Å²) in [6.45, 7) is 6.79. The molecule has 5 aromatic carbocycles. The molecule has 0 radical (unpaired) electrons. The molecule has 0 amide bonds. The number of para-hydroxylation sites is 1. The molecule has 0 aliphatic carbocycles. The van der Waals surface area contributed by atoms with Gasteiger partial charge in [0.15, 0.2) is 17.5 Å². The normalized spacial score (nSPS) is 11.7. The molecule has 226 valence electrons. The third kappa shape index (κ3) is 5.26. The molecule has 0 unspecified atom stereocenters. The van der Waals surface area contributed by atoms with Gasteiger partial charge < -0.3 is 4.57 Å². The van der Waals surface area contributed by atoms with E-state index in [0.717, 1.165) is 39.0 Å². The molecule has 3 heterocycles. The summed E-state index contributed by atoms with van der Waals surface area (Å²) in [5.41, 5.74) is 9.53. The Bertz CT molecular complexity index is 2310. The maximum Gasteiger partial charge on any atom is 0.164 e. The van der Waals surface area contributed by atoms with Crippen molar-refractivity contribution in [2.24, 2.45) is 0 Å². The second-order valence-corrected chi connectivity index (χ2v) is 12.8. The van der Waals surface area contributed by atoms with Crippen molar-refractivity contribution in [1.82, 2.24) is 24.5 Å². The van der Waals surface area contributed by atoms with Crippen LogP contribution in [0.3, 0.4) is 0 Å². The molecule has 8 rings (SSSR count). The van der Waals surface area contributed by atoms with Crippen LogP contribution in [0.2, 0.25) is 0 Å². The molecule has 3 aromatic heterocycles. The second kappa shape index (κ2) is 11.5. The molecule has 0 saturated heterocycles. The summed E-state index contributed by atoms with van der Waals surface area (Å²) in [6, 6.07) is 46.4. The maximum atomic E-state index is 5.13. The molecule has 47 heavy (non-hydrogen) atoms. The molecular formula is C42H33N5. The molecule has 8 aromatic rings. The molecule has 0 spiro atoms. The van der Waals surface area contributed by atoms with E-state index in [1.54, 1.807) is 0 Å². The predicted octanol–water partition coefficient (Wildman–Crippen LogP) is 10.3. The molecule has 0 atom stereocenters. The van der Waals surface area contributed by atoms with Gasteiger partial charge in [0, 0.05) is 45.5 Å².